The van der Waals surface area contributed by atoms with E-state index in [0.717, 1.165) is 11.8 Å². The van der Waals surface area contributed by atoms with Gasteiger partial charge in [-0.05, 0) is 0 Å². The smallest absolute Gasteiger partial charge is 0.177 e. The molecule has 0 saturated carbocycles. The number of hydrazone groups is 1. The number of hydrogen-bond donors (Lipinski definition) is 3. The van der Waals surface area contributed by atoms with E-state index in [1.807, 2.05) is 0 Å². The molecule has 60 valence electrons. The van der Waals surface area contributed by atoms with Crippen molar-refractivity contribution < 1.29 is 9.50 Å². The van der Waals surface area contributed by atoms with Gasteiger partial charge in [0.1, 0.15) is 6.67 Å². The fraction of sp³-hybridized carbons (Fsp3) is 0.750. The van der Waals surface area contributed by atoms with E-state index in [0.29, 0.717) is 0 Å². The van der Waals surface area contributed by atoms with Crippen LogP contribution in [0.5, 0.6) is 0 Å². The van der Waals surface area contributed by atoms with Crippen LogP contribution in [-0.4, -0.2) is 28.8 Å². The van der Waals surface area contributed by atoms with E-state index in [9.17, 15) is 4.39 Å². The topological polar surface area (TPSA) is 84.6 Å². The highest BCUT2D eigenvalue weighted by Crippen LogP contribution is 2.01. The molecule has 10 heavy (non-hydrogen) atoms. The average molecular weight is 167 g/mol. The molecule has 0 radical (unpaired) electrons. The maximum atomic E-state index is 11.6. The van der Waals surface area contributed by atoms with Crippen molar-refractivity contribution >= 4 is 16.9 Å². The van der Waals surface area contributed by atoms with Crippen molar-refractivity contribution in [3.63, 3.8) is 0 Å². The third-order valence-electron chi connectivity index (χ3n) is 0.729. The predicted octanol–water partition coefficient (Wildman–Crippen LogP) is -0.762. The van der Waals surface area contributed by atoms with Crippen LogP contribution in [0.1, 0.15) is 0 Å². The van der Waals surface area contributed by atoms with E-state index < -0.39 is 12.8 Å². The number of hydrogen-bond acceptors (Lipinski definition) is 4. The summed E-state index contributed by atoms with van der Waals surface area (Å²) in [6.45, 7) is -0.773. The minimum absolute atomic E-state index is 0.146. The first-order valence-electron chi connectivity index (χ1n) is 2.61. The van der Waals surface area contributed by atoms with Gasteiger partial charge in [0, 0.05) is 5.75 Å². The van der Waals surface area contributed by atoms with Crippen molar-refractivity contribution in [2.75, 3.05) is 12.4 Å². The van der Waals surface area contributed by atoms with Gasteiger partial charge >= 0.3 is 0 Å². The first kappa shape index (κ1) is 9.51. The molecule has 4 nitrogen and oxygen atoms in total. The van der Waals surface area contributed by atoms with Gasteiger partial charge in [0.25, 0.3) is 0 Å². The molecule has 0 bridgehead atoms. The molecular formula is C4H10FN3OS. The Morgan fingerprint density at radius 3 is 2.80 bits per heavy atom. The third-order valence-corrected chi connectivity index (χ3v) is 1.68. The molecular weight excluding hydrogens is 157 g/mol. The zero-order chi connectivity index (χ0) is 7.98. The van der Waals surface area contributed by atoms with Crippen LogP contribution in [-0.2, 0) is 0 Å². The number of amidine groups is 1. The number of nitrogens with two attached hydrogens (primary N) is 2. The molecule has 0 aromatic rings. The van der Waals surface area contributed by atoms with Crippen LogP contribution in [0.25, 0.3) is 0 Å². The number of halogens is 1. The summed E-state index contributed by atoms with van der Waals surface area (Å²) in [5, 5.41) is 11.9. The van der Waals surface area contributed by atoms with Crippen molar-refractivity contribution in [3.8, 4) is 0 Å². The fourth-order valence-corrected chi connectivity index (χ4v) is 0.790. The SMILES string of the molecule is N/N=C(\N)SCC(O)CF. The molecule has 0 amide bonds. The van der Waals surface area contributed by atoms with E-state index in [-0.39, 0.29) is 10.9 Å². The van der Waals surface area contributed by atoms with Crippen LogP contribution in [0.2, 0.25) is 0 Å². The summed E-state index contributed by atoms with van der Waals surface area (Å²) in [5.41, 5.74) is 5.13. The highest BCUT2D eigenvalue weighted by molar-refractivity contribution is 8.13. The van der Waals surface area contributed by atoms with Gasteiger partial charge in [-0.25, -0.2) is 4.39 Å². The average Bonchev–Trinajstić information content (AvgIpc) is 1.99. The number of alkyl halides is 1. The molecule has 0 heterocycles. The first-order valence-corrected chi connectivity index (χ1v) is 3.59. The van der Waals surface area contributed by atoms with Crippen molar-refractivity contribution in [1.29, 1.82) is 0 Å². The molecule has 0 spiro atoms. The molecule has 1 unspecified atom stereocenters. The summed E-state index contributed by atoms with van der Waals surface area (Å²) >= 11 is 1.02. The molecule has 0 aliphatic rings. The summed E-state index contributed by atoms with van der Waals surface area (Å²) in [6.07, 6.45) is -0.981. The Morgan fingerprint density at radius 2 is 2.40 bits per heavy atom. The Bertz CT molecular complexity index is 121. The molecule has 0 aliphatic heterocycles. The normalized spacial score (nSPS) is 15.2. The number of rotatable bonds is 3. The van der Waals surface area contributed by atoms with Gasteiger partial charge in [-0.1, -0.05) is 11.8 Å². The second kappa shape index (κ2) is 5.31. The lowest BCUT2D eigenvalue weighted by atomic mass is 10.5. The van der Waals surface area contributed by atoms with Crippen LogP contribution >= 0.6 is 11.8 Å². The van der Waals surface area contributed by atoms with Gasteiger partial charge in [0.15, 0.2) is 5.17 Å². The molecule has 0 aliphatic carbocycles. The zero-order valence-electron chi connectivity index (χ0n) is 5.33. The molecule has 0 fully saturated rings. The zero-order valence-corrected chi connectivity index (χ0v) is 6.14. The molecule has 0 aromatic heterocycles. The summed E-state index contributed by atoms with van der Waals surface area (Å²) in [7, 11) is 0. The third kappa shape index (κ3) is 4.39. The standard InChI is InChI=1S/C4H10FN3OS/c5-1-3(9)2-10-4(6)8-7/h3,9H,1-2,7H2,(H2,6,8). The Balaban J connectivity index is 3.35. The second-order valence-corrected chi connectivity index (χ2v) is 2.63. The maximum absolute atomic E-state index is 11.6. The van der Waals surface area contributed by atoms with Crippen LogP contribution in [0.4, 0.5) is 4.39 Å². The van der Waals surface area contributed by atoms with E-state index in [2.05, 4.69) is 5.10 Å². The van der Waals surface area contributed by atoms with Crippen molar-refractivity contribution in [1.82, 2.24) is 0 Å². The van der Waals surface area contributed by atoms with Gasteiger partial charge in [-0.3, -0.25) is 0 Å². The largest absolute Gasteiger partial charge is 0.390 e. The molecule has 1 atom stereocenters. The quantitative estimate of drug-likeness (QED) is 0.223. The lowest BCUT2D eigenvalue weighted by molar-refractivity contribution is 0.162. The summed E-state index contributed by atoms with van der Waals surface area (Å²) in [6, 6.07) is 0. The van der Waals surface area contributed by atoms with Crippen LogP contribution in [0.3, 0.4) is 0 Å². The summed E-state index contributed by atoms with van der Waals surface area (Å²) < 4.78 is 11.6. The highest BCUT2D eigenvalue weighted by Gasteiger charge is 2.03. The fourth-order valence-electron chi connectivity index (χ4n) is 0.263. The number of thioether (sulfide) groups is 1. The summed E-state index contributed by atoms with van der Waals surface area (Å²) in [5.74, 6) is 4.95. The Kier molecular flexibility index (Phi) is 5.05. The van der Waals surface area contributed by atoms with E-state index >= 15 is 0 Å². The lowest BCUT2D eigenvalue weighted by Gasteiger charge is -2.02. The summed E-state index contributed by atoms with van der Waals surface area (Å²) in [4.78, 5) is 0. The van der Waals surface area contributed by atoms with Gasteiger partial charge < -0.3 is 16.7 Å². The molecule has 6 heteroatoms. The number of aliphatic hydroxyl groups is 1. The Hall–Kier alpha value is -0.490. The van der Waals surface area contributed by atoms with Crippen LogP contribution in [0, 0.1) is 0 Å². The Labute approximate surface area is 62.5 Å². The van der Waals surface area contributed by atoms with Crippen molar-refractivity contribution in [2.45, 2.75) is 6.10 Å². The Morgan fingerprint density at radius 1 is 1.80 bits per heavy atom. The van der Waals surface area contributed by atoms with Crippen LogP contribution in [0.15, 0.2) is 5.10 Å². The van der Waals surface area contributed by atoms with Gasteiger partial charge in [0.05, 0.1) is 6.10 Å². The molecule has 0 saturated heterocycles. The minimum atomic E-state index is -0.981. The molecule has 5 N–H and O–H groups in total. The lowest BCUT2D eigenvalue weighted by Crippen LogP contribution is -2.17. The molecule has 0 rings (SSSR count). The second-order valence-electron chi connectivity index (χ2n) is 1.59. The predicted molar refractivity (Wildman–Crippen MR) is 40.2 cm³/mol. The number of nitrogens with zero attached hydrogens (tertiary/aromatic N) is 1. The maximum Gasteiger partial charge on any atom is 0.177 e. The van der Waals surface area contributed by atoms with Gasteiger partial charge in [-0.2, -0.15) is 5.10 Å². The monoisotopic (exact) mass is 167 g/mol. The van der Waals surface area contributed by atoms with Crippen molar-refractivity contribution in [2.24, 2.45) is 16.7 Å². The van der Waals surface area contributed by atoms with E-state index in [4.69, 9.17) is 16.7 Å². The van der Waals surface area contributed by atoms with Gasteiger partial charge in [-0.15, -0.1) is 0 Å². The number of aliphatic hydroxyl groups excluding tert-OH is 1. The van der Waals surface area contributed by atoms with Gasteiger partial charge in [0.2, 0.25) is 0 Å². The highest BCUT2D eigenvalue weighted by atomic mass is 32.2. The molecule has 0 aromatic carbocycles. The van der Waals surface area contributed by atoms with E-state index in [1.54, 1.807) is 0 Å². The van der Waals surface area contributed by atoms with Crippen LogP contribution < -0.4 is 11.6 Å². The van der Waals surface area contributed by atoms with Crippen molar-refractivity contribution in [3.05, 3.63) is 0 Å². The van der Waals surface area contributed by atoms with E-state index in [1.165, 1.54) is 0 Å². The first-order chi connectivity index (χ1) is 4.70. The minimum Gasteiger partial charge on any atom is -0.390 e.